The van der Waals surface area contributed by atoms with Crippen molar-refractivity contribution in [1.29, 1.82) is 0 Å². The van der Waals surface area contributed by atoms with Crippen LogP contribution in [-0.2, 0) is 4.79 Å². The molecule has 0 aromatic heterocycles. The van der Waals surface area contributed by atoms with Crippen molar-refractivity contribution in [1.82, 2.24) is 0 Å². The molecular weight excluding hydrogens is 212 g/mol. The molecule has 0 aliphatic rings. The summed E-state index contributed by atoms with van der Waals surface area (Å²) in [6.45, 7) is 15.5. The van der Waals surface area contributed by atoms with E-state index in [1.165, 1.54) is 0 Å². The molecule has 0 amide bonds. The van der Waals surface area contributed by atoms with E-state index >= 15 is 0 Å². The Morgan fingerprint density at radius 3 is 2.12 bits per heavy atom. The molecule has 0 rings (SSSR count). The van der Waals surface area contributed by atoms with E-state index in [1.807, 2.05) is 41.5 Å². The first kappa shape index (κ1) is 16.4. The fourth-order valence-electron chi connectivity index (χ4n) is 1.92. The number of allylic oxidation sites excluding steroid dienone is 1. The average molecular weight is 240 g/mol. The number of carbonyl (C=O) groups excluding carboxylic acids is 1. The molecule has 3 atom stereocenters. The third kappa shape index (κ3) is 3.95. The van der Waals surface area contributed by atoms with E-state index in [-0.39, 0.29) is 29.0 Å². The Bertz CT molecular complexity index is 266. The highest BCUT2D eigenvalue weighted by Crippen LogP contribution is 2.32. The summed E-state index contributed by atoms with van der Waals surface area (Å²) in [6, 6.07) is 0. The molecule has 0 heterocycles. The highest BCUT2D eigenvalue weighted by molar-refractivity contribution is 5.86. The predicted molar refractivity (Wildman–Crippen MR) is 72.8 cm³/mol. The Hall–Kier alpha value is -0.630. The second-order valence-electron chi connectivity index (χ2n) is 6.02. The van der Waals surface area contributed by atoms with E-state index in [0.29, 0.717) is 0 Å². The zero-order valence-electron chi connectivity index (χ0n) is 12.2. The van der Waals surface area contributed by atoms with E-state index in [2.05, 4.69) is 6.58 Å². The number of hydrogen-bond donors (Lipinski definition) is 1. The highest BCUT2D eigenvalue weighted by Gasteiger charge is 2.38. The first-order valence-corrected chi connectivity index (χ1v) is 6.49. The van der Waals surface area contributed by atoms with Crippen molar-refractivity contribution in [2.24, 2.45) is 23.2 Å². The number of carbonyl (C=O) groups is 1. The fraction of sp³-hybridized carbons (Fsp3) is 0.800. The summed E-state index contributed by atoms with van der Waals surface area (Å²) < 4.78 is 0. The molecule has 0 aliphatic carbocycles. The Kier molecular flexibility index (Phi) is 6.11. The summed E-state index contributed by atoms with van der Waals surface area (Å²) in [6.07, 6.45) is 1.94. The van der Waals surface area contributed by atoms with Gasteiger partial charge >= 0.3 is 0 Å². The minimum Gasteiger partial charge on any atom is -0.392 e. The van der Waals surface area contributed by atoms with Crippen LogP contribution in [0.4, 0.5) is 0 Å². The van der Waals surface area contributed by atoms with E-state index in [0.717, 1.165) is 6.42 Å². The Morgan fingerprint density at radius 1 is 1.29 bits per heavy atom. The lowest BCUT2D eigenvalue weighted by molar-refractivity contribution is -0.137. The maximum Gasteiger partial charge on any atom is 0.144 e. The van der Waals surface area contributed by atoms with E-state index in [9.17, 15) is 9.90 Å². The van der Waals surface area contributed by atoms with Gasteiger partial charge in [0.15, 0.2) is 0 Å². The highest BCUT2D eigenvalue weighted by atomic mass is 16.3. The van der Waals surface area contributed by atoms with Gasteiger partial charge in [-0.2, -0.15) is 0 Å². The van der Waals surface area contributed by atoms with Crippen LogP contribution in [0.5, 0.6) is 0 Å². The molecule has 2 unspecified atom stereocenters. The second-order valence-corrected chi connectivity index (χ2v) is 6.02. The quantitative estimate of drug-likeness (QED) is 0.692. The zero-order valence-corrected chi connectivity index (χ0v) is 12.2. The minimum absolute atomic E-state index is 0.0782. The molecule has 0 spiro atoms. The maximum absolute atomic E-state index is 12.4. The topological polar surface area (TPSA) is 37.3 Å². The number of rotatable bonds is 7. The monoisotopic (exact) mass is 240 g/mol. The van der Waals surface area contributed by atoms with Gasteiger partial charge in [-0.15, -0.1) is 6.58 Å². The van der Waals surface area contributed by atoms with Gasteiger partial charge in [0, 0.05) is 11.3 Å². The van der Waals surface area contributed by atoms with Crippen molar-refractivity contribution in [2.75, 3.05) is 0 Å². The second kappa shape index (κ2) is 6.34. The van der Waals surface area contributed by atoms with E-state index in [4.69, 9.17) is 0 Å². The first-order chi connectivity index (χ1) is 7.66. The van der Waals surface area contributed by atoms with Gasteiger partial charge in [-0.1, -0.05) is 47.6 Å². The van der Waals surface area contributed by atoms with Crippen LogP contribution in [0.1, 0.15) is 48.0 Å². The summed E-state index contributed by atoms with van der Waals surface area (Å²) in [5.74, 6) is 0.187. The number of hydrogen-bond acceptors (Lipinski definition) is 2. The summed E-state index contributed by atoms with van der Waals surface area (Å²) in [4.78, 5) is 12.4. The van der Waals surface area contributed by atoms with Crippen molar-refractivity contribution in [3.8, 4) is 0 Å². The number of aliphatic hydroxyl groups excluding tert-OH is 1. The number of Topliss-reactive ketones (excluding diaryl/α,β-unsaturated/α-hetero) is 1. The van der Waals surface area contributed by atoms with Crippen LogP contribution in [0.2, 0.25) is 0 Å². The summed E-state index contributed by atoms with van der Waals surface area (Å²) in [5.41, 5.74) is -0.381. The molecular formula is C15H28O2. The number of ketones is 1. The van der Waals surface area contributed by atoms with Gasteiger partial charge < -0.3 is 5.11 Å². The molecule has 17 heavy (non-hydrogen) atoms. The van der Waals surface area contributed by atoms with Crippen LogP contribution < -0.4 is 0 Å². The SMILES string of the molecule is C=CCC(C)[C@@H](O)C(C)C(=O)C(C)(C)C(C)C. The van der Waals surface area contributed by atoms with Crippen LogP contribution in [-0.4, -0.2) is 17.0 Å². The smallest absolute Gasteiger partial charge is 0.144 e. The molecule has 0 saturated heterocycles. The molecule has 0 aromatic carbocycles. The molecule has 100 valence electrons. The average Bonchev–Trinajstić information content (AvgIpc) is 2.25. The summed E-state index contributed by atoms with van der Waals surface area (Å²) in [5, 5.41) is 10.2. The zero-order chi connectivity index (χ0) is 13.8. The first-order valence-electron chi connectivity index (χ1n) is 6.49. The third-order valence-corrected chi connectivity index (χ3v) is 4.13. The van der Waals surface area contributed by atoms with Crippen LogP contribution in [0, 0.1) is 23.2 Å². The maximum atomic E-state index is 12.4. The van der Waals surface area contributed by atoms with Crippen molar-refractivity contribution in [3.05, 3.63) is 12.7 Å². The lowest BCUT2D eigenvalue weighted by Gasteiger charge is -2.33. The molecule has 2 nitrogen and oxygen atoms in total. The van der Waals surface area contributed by atoms with Crippen LogP contribution in [0.3, 0.4) is 0 Å². The van der Waals surface area contributed by atoms with Gasteiger partial charge in [-0.25, -0.2) is 0 Å². The number of aliphatic hydroxyl groups is 1. The van der Waals surface area contributed by atoms with Crippen LogP contribution in [0.25, 0.3) is 0 Å². The van der Waals surface area contributed by atoms with Crippen molar-refractivity contribution in [2.45, 2.75) is 54.1 Å². The van der Waals surface area contributed by atoms with Crippen molar-refractivity contribution < 1.29 is 9.90 Å². The van der Waals surface area contributed by atoms with Crippen LogP contribution >= 0.6 is 0 Å². The molecule has 0 bridgehead atoms. The molecule has 0 radical (unpaired) electrons. The largest absolute Gasteiger partial charge is 0.392 e. The molecule has 0 aliphatic heterocycles. The van der Waals surface area contributed by atoms with Gasteiger partial charge in [-0.05, 0) is 18.3 Å². The molecule has 0 aromatic rings. The van der Waals surface area contributed by atoms with Gasteiger partial charge in [0.1, 0.15) is 5.78 Å². The minimum atomic E-state index is -0.585. The van der Waals surface area contributed by atoms with Gasteiger partial charge in [0.25, 0.3) is 0 Å². The fourth-order valence-corrected chi connectivity index (χ4v) is 1.92. The molecule has 0 fully saturated rings. The molecule has 0 saturated carbocycles. The lowest BCUT2D eigenvalue weighted by Crippen LogP contribution is -2.41. The Labute approximate surface area is 106 Å². The van der Waals surface area contributed by atoms with Gasteiger partial charge in [0.2, 0.25) is 0 Å². The van der Waals surface area contributed by atoms with Crippen molar-refractivity contribution in [3.63, 3.8) is 0 Å². The summed E-state index contributed by atoms with van der Waals surface area (Å²) in [7, 11) is 0. The van der Waals surface area contributed by atoms with Crippen molar-refractivity contribution >= 4 is 5.78 Å². The van der Waals surface area contributed by atoms with E-state index in [1.54, 1.807) is 6.08 Å². The van der Waals surface area contributed by atoms with Crippen LogP contribution in [0.15, 0.2) is 12.7 Å². The summed E-state index contributed by atoms with van der Waals surface area (Å²) >= 11 is 0. The Morgan fingerprint density at radius 2 is 1.76 bits per heavy atom. The Balaban J connectivity index is 4.76. The predicted octanol–water partition coefficient (Wildman–Crippen LogP) is 3.45. The van der Waals surface area contributed by atoms with E-state index < -0.39 is 6.10 Å². The third-order valence-electron chi connectivity index (χ3n) is 4.13. The lowest BCUT2D eigenvalue weighted by atomic mass is 9.71. The molecule has 1 N–H and O–H groups in total. The normalized spacial score (nSPS) is 17.6. The standard InChI is InChI=1S/C15H28O2/c1-8-9-11(4)13(16)12(5)14(17)15(6,7)10(2)3/h8,10-13,16H,1,9H2,2-7H3/t11?,12?,13-/m1/s1. The van der Waals surface area contributed by atoms with Gasteiger partial charge in [-0.3, -0.25) is 4.79 Å². The van der Waals surface area contributed by atoms with Gasteiger partial charge in [0.05, 0.1) is 6.10 Å². The molecule has 2 heteroatoms.